The number of nitrogens with zero attached hydrogens (tertiary/aromatic N) is 2. The maximum atomic E-state index is 12.2. The van der Waals surface area contributed by atoms with E-state index in [-0.39, 0.29) is 12.0 Å². The van der Waals surface area contributed by atoms with Crippen LogP contribution in [0.2, 0.25) is 0 Å². The van der Waals surface area contributed by atoms with E-state index in [4.69, 9.17) is 4.74 Å². The fraction of sp³-hybridized carbons (Fsp3) is 0.476. The molecule has 3 N–H and O–H groups in total. The fourth-order valence-corrected chi connectivity index (χ4v) is 3.75. The quantitative estimate of drug-likeness (QED) is 0.456. The van der Waals surface area contributed by atoms with Gasteiger partial charge in [-0.15, -0.1) is 11.3 Å². The number of aromatic nitrogens is 1. The van der Waals surface area contributed by atoms with Crippen LogP contribution in [-0.2, 0) is 22.5 Å². The molecule has 1 saturated heterocycles. The Morgan fingerprint density at radius 1 is 1.38 bits per heavy atom. The van der Waals surface area contributed by atoms with Crippen LogP contribution < -0.4 is 16.0 Å². The number of guanidine groups is 1. The number of carbonyl (C=O) groups excluding carboxylic acids is 1. The van der Waals surface area contributed by atoms with Crippen molar-refractivity contribution in [3.63, 3.8) is 0 Å². The van der Waals surface area contributed by atoms with Gasteiger partial charge in [-0.25, -0.2) is 9.98 Å². The van der Waals surface area contributed by atoms with E-state index in [1.807, 2.05) is 38.1 Å². The van der Waals surface area contributed by atoms with Crippen molar-refractivity contribution in [2.24, 2.45) is 4.99 Å². The molecule has 0 bridgehead atoms. The predicted molar refractivity (Wildman–Crippen MR) is 117 cm³/mol. The first kappa shape index (κ1) is 21.3. The van der Waals surface area contributed by atoms with E-state index in [2.05, 4.69) is 31.3 Å². The minimum Gasteiger partial charge on any atom is -0.368 e. The van der Waals surface area contributed by atoms with Gasteiger partial charge in [0.05, 0.1) is 17.2 Å². The van der Waals surface area contributed by atoms with Crippen LogP contribution in [0, 0.1) is 6.92 Å². The van der Waals surface area contributed by atoms with Gasteiger partial charge in [0.2, 0.25) is 0 Å². The topological polar surface area (TPSA) is 87.6 Å². The second-order valence-corrected chi connectivity index (χ2v) is 7.98. The highest BCUT2D eigenvalue weighted by atomic mass is 32.1. The van der Waals surface area contributed by atoms with Crippen molar-refractivity contribution in [1.29, 1.82) is 0 Å². The monoisotopic (exact) mass is 415 g/mol. The number of thiazole rings is 1. The summed E-state index contributed by atoms with van der Waals surface area (Å²) < 4.78 is 5.44. The van der Waals surface area contributed by atoms with Crippen LogP contribution in [0.4, 0.5) is 5.69 Å². The molecule has 1 aromatic heterocycles. The van der Waals surface area contributed by atoms with Gasteiger partial charge in [0.25, 0.3) is 5.91 Å². The second-order valence-electron chi connectivity index (χ2n) is 6.92. The van der Waals surface area contributed by atoms with Gasteiger partial charge in [0.15, 0.2) is 5.96 Å². The van der Waals surface area contributed by atoms with Crippen molar-refractivity contribution < 1.29 is 9.53 Å². The van der Waals surface area contributed by atoms with Gasteiger partial charge < -0.3 is 20.7 Å². The molecule has 0 spiro atoms. The highest BCUT2D eigenvalue weighted by Gasteiger charge is 2.23. The molecule has 1 atom stereocenters. The Bertz CT molecular complexity index is 830. The average molecular weight is 416 g/mol. The molecule has 2 aromatic rings. The molecule has 29 heavy (non-hydrogen) atoms. The SMILES string of the molecule is CCNC(=NCc1cccc(NC(=O)C2CCCO2)c1)NCCc1csc(C)n1. The highest BCUT2D eigenvalue weighted by Crippen LogP contribution is 2.16. The van der Waals surface area contributed by atoms with Gasteiger partial charge >= 0.3 is 0 Å². The van der Waals surface area contributed by atoms with Crippen LogP contribution >= 0.6 is 11.3 Å². The Morgan fingerprint density at radius 3 is 3.00 bits per heavy atom. The summed E-state index contributed by atoms with van der Waals surface area (Å²) in [4.78, 5) is 21.4. The van der Waals surface area contributed by atoms with E-state index in [0.29, 0.717) is 13.2 Å². The fourth-order valence-electron chi connectivity index (χ4n) is 3.10. The molecule has 1 fully saturated rings. The number of hydrogen-bond acceptors (Lipinski definition) is 5. The molecule has 1 aliphatic heterocycles. The van der Waals surface area contributed by atoms with Crippen LogP contribution in [0.25, 0.3) is 0 Å². The summed E-state index contributed by atoms with van der Waals surface area (Å²) in [5.41, 5.74) is 2.91. The number of benzene rings is 1. The zero-order chi connectivity index (χ0) is 20.5. The predicted octanol–water partition coefficient (Wildman–Crippen LogP) is 2.87. The van der Waals surface area contributed by atoms with Gasteiger partial charge in [-0.2, -0.15) is 0 Å². The molecule has 2 heterocycles. The zero-order valence-corrected chi connectivity index (χ0v) is 17.8. The smallest absolute Gasteiger partial charge is 0.253 e. The number of hydrogen-bond donors (Lipinski definition) is 3. The van der Waals surface area contributed by atoms with Crippen molar-refractivity contribution in [2.75, 3.05) is 25.0 Å². The van der Waals surface area contributed by atoms with E-state index in [1.165, 1.54) is 0 Å². The van der Waals surface area contributed by atoms with E-state index in [9.17, 15) is 4.79 Å². The van der Waals surface area contributed by atoms with Gasteiger partial charge in [-0.05, 0) is 44.4 Å². The van der Waals surface area contributed by atoms with E-state index in [1.54, 1.807) is 11.3 Å². The number of anilines is 1. The Morgan fingerprint density at radius 2 is 2.28 bits per heavy atom. The number of aliphatic imine (C=N–C) groups is 1. The summed E-state index contributed by atoms with van der Waals surface area (Å²) in [7, 11) is 0. The van der Waals surface area contributed by atoms with E-state index in [0.717, 1.165) is 60.3 Å². The summed E-state index contributed by atoms with van der Waals surface area (Å²) in [6.07, 6.45) is 2.26. The maximum Gasteiger partial charge on any atom is 0.253 e. The number of nitrogens with one attached hydrogen (secondary N) is 3. The molecule has 0 radical (unpaired) electrons. The first-order valence-electron chi connectivity index (χ1n) is 10.1. The number of aryl methyl sites for hydroxylation is 1. The molecule has 3 rings (SSSR count). The van der Waals surface area contributed by atoms with Gasteiger partial charge in [0, 0.05) is 37.2 Å². The Kier molecular flexibility index (Phi) is 8.01. The summed E-state index contributed by atoms with van der Waals surface area (Å²) in [5, 5.41) is 12.7. The molecule has 156 valence electrons. The molecule has 7 nitrogen and oxygen atoms in total. The molecule has 0 aliphatic carbocycles. The Balaban J connectivity index is 1.53. The van der Waals surface area contributed by atoms with Crippen LogP contribution in [0.15, 0.2) is 34.6 Å². The van der Waals surface area contributed by atoms with Crippen molar-refractivity contribution >= 4 is 28.9 Å². The third kappa shape index (κ3) is 6.83. The van der Waals surface area contributed by atoms with Crippen LogP contribution in [0.1, 0.15) is 36.0 Å². The lowest BCUT2D eigenvalue weighted by atomic mass is 10.2. The average Bonchev–Trinajstić information content (AvgIpc) is 3.38. The molecular weight excluding hydrogens is 386 g/mol. The molecule has 1 aliphatic rings. The van der Waals surface area contributed by atoms with Crippen molar-refractivity contribution in [3.05, 3.63) is 45.9 Å². The third-order valence-corrected chi connectivity index (χ3v) is 5.34. The minimum atomic E-state index is -0.331. The summed E-state index contributed by atoms with van der Waals surface area (Å²) in [6.45, 7) is 6.81. The number of rotatable bonds is 8. The van der Waals surface area contributed by atoms with Crippen LogP contribution in [0.3, 0.4) is 0 Å². The molecular formula is C21H29N5O2S. The van der Waals surface area contributed by atoms with Gasteiger partial charge in [-0.3, -0.25) is 4.79 Å². The lowest BCUT2D eigenvalue weighted by Gasteiger charge is -2.12. The Labute approximate surface area is 176 Å². The van der Waals surface area contributed by atoms with Crippen molar-refractivity contribution in [3.8, 4) is 0 Å². The Hall–Kier alpha value is -2.45. The highest BCUT2D eigenvalue weighted by molar-refractivity contribution is 7.09. The first-order chi connectivity index (χ1) is 14.1. The second kappa shape index (κ2) is 10.9. The first-order valence-corrected chi connectivity index (χ1v) is 11.0. The number of carbonyl (C=O) groups is 1. The van der Waals surface area contributed by atoms with E-state index < -0.39 is 0 Å². The summed E-state index contributed by atoms with van der Waals surface area (Å²) in [6, 6.07) is 7.78. The largest absolute Gasteiger partial charge is 0.368 e. The number of amides is 1. The lowest BCUT2D eigenvalue weighted by molar-refractivity contribution is -0.124. The summed E-state index contributed by atoms with van der Waals surface area (Å²) in [5.74, 6) is 0.698. The molecule has 1 aromatic carbocycles. The van der Waals surface area contributed by atoms with Crippen LogP contribution in [-0.4, -0.2) is 42.7 Å². The molecule has 1 unspecified atom stereocenters. The minimum absolute atomic E-state index is 0.0737. The molecule has 0 saturated carbocycles. The van der Waals surface area contributed by atoms with Gasteiger partial charge in [-0.1, -0.05) is 12.1 Å². The molecule has 8 heteroatoms. The third-order valence-electron chi connectivity index (χ3n) is 4.52. The molecule has 1 amide bonds. The maximum absolute atomic E-state index is 12.2. The number of ether oxygens (including phenoxy) is 1. The standard InChI is InChI=1S/C21H29N5O2S/c1-3-22-21(23-10-9-18-14-29-15(2)25-18)24-13-16-6-4-7-17(12-16)26-20(27)19-8-5-11-28-19/h4,6-7,12,14,19H,3,5,8-11,13H2,1-2H3,(H,26,27)(H2,22,23,24). The normalized spacial score (nSPS) is 16.6. The summed E-state index contributed by atoms with van der Waals surface area (Å²) >= 11 is 1.67. The zero-order valence-electron chi connectivity index (χ0n) is 17.0. The van der Waals surface area contributed by atoms with Crippen molar-refractivity contribution in [1.82, 2.24) is 15.6 Å². The van der Waals surface area contributed by atoms with Crippen LogP contribution in [0.5, 0.6) is 0 Å². The van der Waals surface area contributed by atoms with E-state index >= 15 is 0 Å². The van der Waals surface area contributed by atoms with Gasteiger partial charge in [0.1, 0.15) is 6.10 Å². The van der Waals surface area contributed by atoms with Crippen molar-refractivity contribution in [2.45, 2.75) is 45.8 Å². The lowest BCUT2D eigenvalue weighted by Crippen LogP contribution is -2.38.